The summed E-state index contributed by atoms with van der Waals surface area (Å²) in [5.41, 5.74) is 0. The van der Waals surface area contributed by atoms with Crippen LogP contribution in [0.5, 0.6) is 0 Å². The summed E-state index contributed by atoms with van der Waals surface area (Å²) in [6, 6.07) is 0. The van der Waals surface area contributed by atoms with Crippen LogP contribution in [0, 0.1) is 38.5 Å². The molecule has 114 valence electrons. The Labute approximate surface area is 129 Å². The van der Waals surface area contributed by atoms with Crippen molar-refractivity contribution < 1.29 is 17.1 Å². The van der Waals surface area contributed by atoms with Gasteiger partial charge >= 0.3 is 17.1 Å². The molecule has 4 atom stereocenters. The third-order valence-corrected chi connectivity index (χ3v) is 4.58. The summed E-state index contributed by atoms with van der Waals surface area (Å²) in [4.78, 5) is 0. The third-order valence-electron chi connectivity index (χ3n) is 4.58. The van der Waals surface area contributed by atoms with Crippen LogP contribution in [0.2, 0.25) is 0 Å². The van der Waals surface area contributed by atoms with E-state index in [1.54, 1.807) is 0 Å². The summed E-state index contributed by atoms with van der Waals surface area (Å²) < 4.78 is 0. The molecule has 0 aromatic carbocycles. The van der Waals surface area contributed by atoms with E-state index in [4.69, 9.17) is 0 Å². The first-order chi connectivity index (χ1) is 6.61. The molecule has 0 aromatic heterocycles. The maximum absolute atomic E-state index is 2.36. The minimum absolute atomic E-state index is 0. The van der Waals surface area contributed by atoms with Crippen LogP contribution in [-0.4, -0.2) is 0 Å². The molecule has 0 spiro atoms. The molecule has 4 unspecified atom stereocenters. The molecule has 2 aliphatic rings. The van der Waals surface area contributed by atoms with Crippen LogP contribution < -0.4 is 0 Å². The molecule has 0 aromatic rings. The predicted molar refractivity (Wildman–Crippen MR) is 83.9 cm³/mol. The van der Waals surface area contributed by atoms with Crippen molar-refractivity contribution in [1.82, 2.24) is 0 Å². The minimum atomic E-state index is 0. The first kappa shape index (κ1) is 27.0. The van der Waals surface area contributed by atoms with Crippen molar-refractivity contribution in [1.29, 1.82) is 0 Å². The van der Waals surface area contributed by atoms with Gasteiger partial charge in [-0.05, 0) is 23.7 Å². The van der Waals surface area contributed by atoms with Crippen molar-refractivity contribution in [3.05, 3.63) is 14.9 Å². The van der Waals surface area contributed by atoms with Crippen LogP contribution in [-0.2, 0) is 17.1 Å². The molecule has 0 aliphatic heterocycles. The van der Waals surface area contributed by atoms with Crippen LogP contribution in [0.3, 0.4) is 0 Å². The van der Waals surface area contributed by atoms with E-state index < -0.39 is 0 Å². The Morgan fingerprint density at radius 3 is 0.778 bits per heavy atom. The Hall–Kier alpha value is 0.519. The van der Waals surface area contributed by atoms with Gasteiger partial charge in [-0.2, -0.15) is 0 Å². The van der Waals surface area contributed by atoms with Gasteiger partial charge in [-0.1, -0.05) is 73.6 Å². The molecule has 2 aliphatic carbocycles. The van der Waals surface area contributed by atoms with Crippen molar-refractivity contribution in [2.45, 2.75) is 73.6 Å². The largest absolute Gasteiger partial charge is 2.00 e. The van der Waals surface area contributed by atoms with E-state index in [2.05, 4.69) is 27.7 Å². The molecule has 0 saturated heterocycles. The van der Waals surface area contributed by atoms with Crippen molar-refractivity contribution in [2.75, 3.05) is 0 Å². The van der Waals surface area contributed by atoms with Gasteiger partial charge in [-0.3, -0.25) is 0 Å². The van der Waals surface area contributed by atoms with E-state index in [1.807, 2.05) is 0 Å². The fraction of sp³-hybridized carbons (Fsp3) is 0.882. The van der Waals surface area contributed by atoms with Gasteiger partial charge in [0.05, 0.1) is 0 Å². The molecule has 0 N–H and O–H groups in total. The van der Waals surface area contributed by atoms with Crippen LogP contribution in [0.1, 0.15) is 73.6 Å². The first-order valence-corrected chi connectivity index (χ1v) is 6.61. The fourth-order valence-electron chi connectivity index (χ4n) is 2.66. The van der Waals surface area contributed by atoms with Gasteiger partial charge in [0.1, 0.15) is 0 Å². The van der Waals surface area contributed by atoms with E-state index in [0.717, 1.165) is 23.7 Å². The molecule has 0 radical (unpaired) electrons. The molecule has 2 saturated carbocycles. The second kappa shape index (κ2) is 13.9. The van der Waals surface area contributed by atoms with Gasteiger partial charge in [0.15, 0.2) is 0 Å². The second-order valence-corrected chi connectivity index (χ2v) is 5.77. The summed E-state index contributed by atoms with van der Waals surface area (Å²) in [7, 11) is 0. The Bertz CT molecular complexity index is 122. The Morgan fingerprint density at radius 1 is 0.556 bits per heavy atom. The smallest absolute Gasteiger partial charge is 0.358 e. The zero-order chi connectivity index (χ0) is 10.6. The van der Waals surface area contributed by atoms with Gasteiger partial charge in [0.2, 0.25) is 0 Å². The van der Waals surface area contributed by atoms with Crippen molar-refractivity contribution in [2.24, 2.45) is 23.7 Å². The van der Waals surface area contributed by atoms with E-state index in [-0.39, 0.29) is 39.3 Å². The van der Waals surface area contributed by atoms with E-state index in [9.17, 15) is 0 Å². The molecule has 0 heterocycles. The maximum atomic E-state index is 2.36. The van der Waals surface area contributed by atoms with Gasteiger partial charge in [0.25, 0.3) is 0 Å². The molecule has 2 rings (SSSR count). The van der Waals surface area contributed by atoms with Crippen LogP contribution in [0.25, 0.3) is 0 Å². The van der Waals surface area contributed by atoms with E-state index >= 15 is 0 Å². The number of hydrogen-bond donors (Lipinski definition) is 0. The average molecular weight is 298 g/mol. The molecule has 0 nitrogen and oxygen atoms in total. The number of rotatable bonds is 0. The van der Waals surface area contributed by atoms with Gasteiger partial charge < -0.3 is 14.9 Å². The zero-order valence-corrected chi connectivity index (χ0v) is 14.0. The second-order valence-electron chi connectivity index (χ2n) is 5.77. The molecule has 18 heavy (non-hydrogen) atoms. The van der Waals surface area contributed by atoms with Crippen LogP contribution in [0.4, 0.5) is 0 Å². The van der Waals surface area contributed by atoms with Crippen molar-refractivity contribution in [3.8, 4) is 0 Å². The average Bonchev–Trinajstić information content (AvgIpc) is 2.67. The molecular formula is C17H38Fe. The minimum Gasteiger partial charge on any atom is -0.358 e. The fourth-order valence-corrected chi connectivity index (χ4v) is 2.66. The van der Waals surface area contributed by atoms with Gasteiger partial charge in [-0.15, -0.1) is 0 Å². The van der Waals surface area contributed by atoms with Gasteiger partial charge in [-0.25, -0.2) is 0 Å². The zero-order valence-electron chi connectivity index (χ0n) is 12.9. The van der Waals surface area contributed by atoms with Gasteiger partial charge in [0, 0.05) is 0 Å². The monoisotopic (exact) mass is 298 g/mol. The summed E-state index contributed by atoms with van der Waals surface area (Å²) in [5, 5.41) is 0. The summed E-state index contributed by atoms with van der Waals surface area (Å²) in [5.74, 6) is 4.06. The Morgan fingerprint density at radius 2 is 0.722 bits per heavy atom. The topological polar surface area (TPSA) is 0 Å². The van der Waals surface area contributed by atoms with Crippen LogP contribution >= 0.6 is 0 Å². The molecule has 2 fully saturated rings. The quantitative estimate of drug-likeness (QED) is 0.357. The third kappa shape index (κ3) is 9.45. The first-order valence-electron chi connectivity index (χ1n) is 6.61. The number of hydrogen-bond acceptors (Lipinski definition) is 0. The Balaban J connectivity index is -0.0000000891. The summed E-state index contributed by atoms with van der Waals surface area (Å²) in [6.07, 6.45) is 8.84. The van der Waals surface area contributed by atoms with Crippen molar-refractivity contribution >= 4 is 0 Å². The standard InChI is InChI=1S/2C7H14.CH4.2CH3.Fe/c2*1-6-4-3-5-7(6)2;;;;/h2*6-7H,3-5H2,1-2H3;1H4;2*1H3;/q;;;2*-1;+2. The summed E-state index contributed by atoms with van der Waals surface area (Å²) in [6.45, 7) is 9.44. The SMILES string of the molecule is C.CC1CCCC1C.CC1CCCC1C.[CH3-].[CH3-].[Fe+2]. The van der Waals surface area contributed by atoms with E-state index in [1.165, 1.54) is 38.5 Å². The molecular weight excluding hydrogens is 260 g/mol. The molecule has 0 amide bonds. The maximum Gasteiger partial charge on any atom is 2.00 e. The normalized spacial score (nSPS) is 32.7. The van der Waals surface area contributed by atoms with Crippen LogP contribution in [0.15, 0.2) is 0 Å². The Kier molecular flexibility index (Phi) is 20.9. The molecule has 0 bridgehead atoms. The molecule has 1 heteroatoms. The summed E-state index contributed by atoms with van der Waals surface area (Å²) >= 11 is 0. The van der Waals surface area contributed by atoms with Crippen molar-refractivity contribution in [3.63, 3.8) is 0 Å². The van der Waals surface area contributed by atoms with E-state index in [0.29, 0.717) is 0 Å². The predicted octanol–water partition coefficient (Wildman–Crippen LogP) is 6.42.